The standard InChI is InChI=1S/C39H53ClN2O7/c1-7-46-34(43)27-48-36(38(45)49-39(3,4)5)35(47-24-14-12-22-41-32-21-18-28(2)33(40)26-32)37(44)42(6)23-13-8-9-15-29-19-20-30-16-10-11-17-31(30)25-29/h10-11,16-21,25-26,35-36,41H,7-9,12-15,22-24,27H2,1-6H3/t35-,36-/m1/s1. The van der Waals surface area contributed by atoms with Crippen LogP contribution in [0, 0.1) is 6.92 Å². The highest BCUT2D eigenvalue weighted by molar-refractivity contribution is 6.31. The maximum Gasteiger partial charge on any atom is 0.339 e. The first-order valence-electron chi connectivity index (χ1n) is 17.2. The van der Waals surface area contributed by atoms with Crippen LogP contribution in [0.4, 0.5) is 5.69 Å². The molecule has 1 amide bonds. The molecule has 268 valence electrons. The number of rotatable bonds is 20. The molecule has 0 aliphatic carbocycles. The summed E-state index contributed by atoms with van der Waals surface area (Å²) in [6, 6.07) is 20.7. The molecule has 10 heteroatoms. The van der Waals surface area contributed by atoms with Crippen LogP contribution in [-0.2, 0) is 39.8 Å². The van der Waals surface area contributed by atoms with Crippen molar-refractivity contribution in [3.8, 4) is 0 Å². The Kier molecular flexibility index (Phi) is 16.3. The number of fused-ring (bicyclic) bond motifs is 1. The second-order valence-corrected chi connectivity index (χ2v) is 13.6. The molecule has 0 saturated heterocycles. The molecule has 49 heavy (non-hydrogen) atoms. The van der Waals surface area contributed by atoms with Crippen molar-refractivity contribution in [2.24, 2.45) is 0 Å². The Morgan fingerprint density at radius 3 is 2.35 bits per heavy atom. The number of amides is 1. The van der Waals surface area contributed by atoms with Gasteiger partial charge in [0, 0.05) is 37.5 Å². The van der Waals surface area contributed by atoms with Crippen molar-refractivity contribution in [1.29, 1.82) is 0 Å². The summed E-state index contributed by atoms with van der Waals surface area (Å²) in [6.07, 6.45) is 2.19. The largest absolute Gasteiger partial charge is 0.464 e. The Bertz CT molecular complexity index is 1510. The van der Waals surface area contributed by atoms with Gasteiger partial charge in [-0.15, -0.1) is 0 Å². The van der Waals surface area contributed by atoms with Crippen molar-refractivity contribution < 1.29 is 33.3 Å². The van der Waals surface area contributed by atoms with E-state index in [1.165, 1.54) is 16.3 Å². The van der Waals surface area contributed by atoms with Gasteiger partial charge in [-0.3, -0.25) is 4.79 Å². The van der Waals surface area contributed by atoms with Crippen LogP contribution in [0.15, 0.2) is 60.7 Å². The Morgan fingerprint density at radius 2 is 1.63 bits per heavy atom. The first-order valence-corrected chi connectivity index (χ1v) is 17.6. The highest BCUT2D eigenvalue weighted by atomic mass is 35.5. The first-order chi connectivity index (χ1) is 23.4. The number of unbranched alkanes of at least 4 members (excludes halogenated alkanes) is 3. The molecule has 3 aromatic carbocycles. The van der Waals surface area contributed by atoms with Crippen molar-refractivity contribution in [3.05, 3.63) is 76.8 Å². The van der Waals surface area contributed by atoms with Gasteiger partial charge in [-0.2, -0.15) is 0 Å². The number of hydrogen-bond acceptors (Lipinski definition) is 8. The summed E-state index contributed by atoms with van der Waals surface area (Å²) >= 11 is 6.24. The molecule has 0 aliphatic rings. The summed E-state index contributed by atoms with van der Waals surface area (Å²) in [7, 11) is 1.69. The molecule has 0 unspecified atom stereocenters. The molecular formula is C39H53ClN2O7. The minimum absolute atomic E-state index is 0.157. The van der Waals surface area contributed by atoms with Crippen LogP contribution in [0.2, 0.25) is 5.02 Å². The number of carbonyl (C=O) groups excluding carboxylic acids is 3. The van der Waals surface area contributed by atoms with Gasteiger partial charge in [0.05, 0.1) is 6.61 Å². The lowest BCUT2D eigenvalue weighted by Crippen LogP contribution is -2.51. The second kappa shape index (κ2) is 20.1. The number of anilines is 1. The lowest BCUT2D eigenvalue weighted by atomic mass is 10.0. The average molecular weight is 697 g/mol. The Morgan fingerprint density at radius 1 is 0.878 bits per heavy atom. The molecule has 9 nitrogen and oxygen atoms in total. The third-order valence-corrected chi connectivity index (χ3v) is 8.27. The highest BCUT2D eigenvalue weighted by Gasteiger charge is 2.40. The van der Waals surface area contributed by atoms with Gasteiger partial charge in [0.15, 0.2) is 12.2 Å². The SMILES string of the molecule is CCOC(=O)CO[C@@H](C(=O)OC(C)(C)C)[C@@H](OCCCCNc1ccc(C)c(Cl)c1)C(=O)N(C)CCCCCc1ccc2ccccc2c1. The summed E-state index contributed by atoms with van der Waals surface area (Å²) in [5.41, 5.74) is 2.36. The lowest BCUT2D eigenvalue weighted by molar-refractivity contribution is -0.187. The van der Waals surface area contributed by atoms with Crippen LogP contribution >= 0.6 is 11.6 Å². The summed E-state index contributed by atoms with van der Waals surface area (Å²) < 4.78 is 22.4. The lowest BCUT2D eigenvalue weighted by Gasteiger charge is -2.31. The monoisotopic (exact) mass is 696 g/mol. The van der Waals surface area contributed by atoms with Crippen LogP contribution in [0.3, 0.4) is 0 Å². The molecule has 0 fully saturated rings. The highest BCUT2D eigenvalue weighted by Crippen LogP contribution is 2.21. The molecule has 0 spiro atoms. The van der Waals surface area contributed by atoms with E-state index in [1.807, 2.05) is 37.3 Å². The Labute approximate surface area is 296 Å². The molecule has 1 N–H and O–H groups in total. The summed E-state index contributed by atoms with van der Waals surface area (Å²) in [4.78, 5) is 41.0. The number of benzene rings is 3. The van der Waals surface area contributed by atoms with Gasteiger partial charge in [-0.25, -0.2) is 9.59 Å². The van der Waals surface area contributed by atoms with E-state index in [4.69, 9.17) is 30.5 Å². The van der Waals surface area contributed by atoms with Gasteiger partial charge >= 0.3 is 11.9 Å². The van der Waals surface area contributed by atoms with E-state index < -0.39 is 42.3 Å². The van der Waals surface area contributed by atoms with E-state index in [0.717, 1.165) is 43.4 Å². The molecule has 3 rings (SSSR count). The number of ether oxygens (including phenoxy) is 4. The molecule has 3 aromatic rings. The number of aryl methyl sites for hydroxylation is 2. The van der Waals surface area contributed by atoms with Gasteiger partial charge in [-0.1, -0.05) is 66.6 Å². The summed E-state index contributed by atoms with van der Waals surface area (Å²) in [6.45, 7) is 9.76. The van der Waals surface area contributed by atoms with Crippen LogP contribution in [-0.4, -0.2) is 80.5 Å². The molecule has 0 aromatic heterocycles. The minimum Gasteiger partial charge on any atom is -0.464 e. The van der Waals surface area contributed by atoms with Crippen molar-refractivity contribution in [1.82, 2.24) is 4.90 Å². The van der Waals surface area contributed by atoms with Crippen LogP contribution < -0.4 is 5.32 Å². The van der Waals surface area contributed by atoms with Gasteiger partial charge in [0.25, 0.3) is 5.91 Å². The molecule has 2 atom stereocenters. The number of halogens is 1. The molecule has 0 radical (unpaired) electrons. The fourth-order valence-electron chi connectivity index (χ4n) is 5.24. The van der Waals surface area contributed by atoms with Crippen LogP contribution in [0.5, 0.6) is 0 Å². The van der Waals surface area contributed by atoms with Crippen molar-refractivity contribution in [2.75, 3.05) is 45.3 Å². The first kappa shape index (κ1) is 39.8. The predicted octanol–water partition coefficient (Wildman–Crippen LogP) is 7.54. The van der Waals surface area contributed by atoms with E-state index in [0.29, 0.717) is 24.5 Å². The van der Waals surface area contributed by atoms with Gasteiger partial charge in [0.1, 0.15) is 12.2 Å². The van der Waals surface area contributed by atoms with Gasteiger partial charge in [0.2, 0.25) is 0 Å². The average Bonchev–Trinajstić information content (AvgIpc) is 3.05. The van der Waals surface area contributed by atoms with E-state index in [1.54, 1.807) is 39.6 Å². The van der Waals surface area contributed by atoms with E-state index in [-0.39, 0.29) is 13.2 Å². The minimum atomic E-state index is -1.46. The maximum absolute atomic E-state index is 13.9. The zero-order valence-corrected chi connectivity index (χ0v) is 30.6. The van der Waals surface area contributed by atoms with Gasteiger partial charge in [-0.05, 0) is 101 Å². The Hall–Kier alpha value is -3.66. The number of nitrogens with one attached hydrogen (secondary N) is 1. The van der Waals surface area contributed by atoms with Crippen molar-refractivity contribution in [2.45, 2.75) is 91.0 Å². The fraction of sp³-hybridized carbons (Fsp3) is 0.513. The molecule has 0 aliphatic heterocycles. The fourth-order valence-corrected chi connectivity index (χ4v) is 5.42. The normalized spacial score (nSPS) is 12.7. The second-order valence-electron chi connectivity index (χ2n) is 13.2. The summed E-state index contributed by atoms with van der Waals surface area (Å²) in [5, 5.41) is 6.49. The maximum atomic E-state index is 13.9. The predicted molar refractivity (Wildman–Crippen MR) is 195 cm³/mol. The molecule has 0 saturated carbocycles. The number of esters is 2. The van der Waals surface area contributed by atoms with Gasteiger partial charge < -0.3 is 29.2 Å². The van der Waals surface area contributed by atoms with Crippen LogP contribution in [0.25, 0.3) is 10.8 Å². The smallest absolute Gasteiger partial charge is 0.339 e. The third kappa shape index (κ3) is 14.0. The molecule has 0 bridgehead atoms. The number of nitrogens with zero attached hydrogens (tertiary/aromatic N) is 1. The number of likely N-dealkylation sites (N-methyl/N-ethyl adjacent to an activating group) is 1. The quantitative estimate of drug-likeness (QED) is 0.0955. The molecule has 0 heterocycles. The van der Waals surface area contributed by atoms with Crippen molar-refractivity contribution in [3.63, 3.8) is 0 Å². The van der Waals surface area contributed by atoms with E-state index >= 15 is 0 Å². The molecular weight excluding hydrogens is 644 g/mol. The van der Waals surface area contributed by atoms with E-state index in [9.17, 15) is 14.4 Å². The topological polar surface area (TPSA) is 103 Å². The Balaban J connectivity index is 1.61. The zero-order valence-electron chi connectivity index (χ0n) is 29.9. The number of hydrogen-bond donors (Lipinski definition) is 1. The van der Waals surface area contributed by atoms with Crippen LogP contribution in [0.1, 0.15) is 70.9 Å². The third-order valence-electron chi connectivity index (χ3n) is 7.86. The zero-order chi connectivity index (χ0) is 35.8. The van der Waals surface area contributed by atoms with E-state index in [2.05, 4.69) is 35.6 Å². The van der Waals surface area contributed by atoms with Crippen molar-refractivity contribution >= 4 is 45.9 Å². The number of carbonyl (C=O) groups is 3. The summed E-state index contributed by atoms with van der Waals surface area (Å²) in [5.74, 6) is -1.84.